The Morgan fingerprint density at radius 2 is 2.20 bits per heavy atom. The first-order chi connectivity index (χ1) is 9.47. The van der Waals surface area contributed by atoms with E-state index in [2.05, 4.69) is 46.9 Å². The molecule has 0 aliphatic carbocycles. The number of hydrogen-bond acceptors (Lipinski definition) is 2. The van der Waals surface area contributed by atoms with Gasteiger partial charge in [0.05, 0.1) is 4.47 Å². The summed E-state index contributed by atoms with van der Waals surface area (Å²) < 4.78 is 14.2. The van der Waals surface area contributed by atoms with Crippen LogP contribution < -0.4 is 5.32 Å². The maximum Gasteiger partial charge on any atom is 0.137 e. The fourth-order valence-corrected chi connectivity index (χ4v) is 3.28. The van der Waals surface area contributed by atoms with Crippen LogP contribution in [0, 0.1) is 11.7 Å². The summed E-state index contributed by atoms with van der Waals surface area (Å²) in [6, 6.07) is 6.32. The van der Waals surface area contributed by atoms with Crippen LogP contribution in [-0.2, 0) is 6.54 Å². The predicted molar refractivity (Wildman–Crippen MR) is 85.2 cm³/mol. The second-order valence-corrected chi connectivity index (χ2v) is 7.03. The van der Waals surface area contributed by atoms with Crippen molar-refractivity contribution in [3.05, 3.63) is 34.1 Å². The molecule has 1 aliphatic heterocycles. The monoisotopic (exact) mass is 342 g/mol. The molecule has 112 valence electrons. The highest BCUT2D eigenvalue weighted by molar-refractivity contribution is 9.10. The first-order valence-corrected chi connectivity index (χ1v) is 8.17. The van der Waals surface area contributed by atoms with E-state index in [1.54, 1.807) is 6.07 Å². The predicted octanol–water partition coefficient (Wildman–Crippen LogP) is 3.80. The lowest BCUT2D eigenvalue weighted by Gasteiger charge is -2.40. The molecule has 1 aromatic carbocycles. The molecule has 0 radical (unpaired) electrons. The summed E-state index contributed by atoms with van der Waals surface area (Å²) in [5, 5.41) is 3.55. The minimum Gasteiger partial charge on any atom is -0.311 e. The second kappa shape index (κ2) is 7.01. The van der Waals surface area contributed by atoms with Gasteiger partial charge < -0.3 is 5.32 Å². The molecule has 1 saturated heterocycles. The molecule has 1 aliphatic rings. The Morgan fingerprint density at radius 1 is 1.45 bits per heavy atom. The van der Waals surface area contributed by atoms with E-state index in [0.717, 1.165) is 25.2 Å². The molecule has 0 amide bonds. The number of rotatable bonds is 4. The number of nitrogens with one attached hydrogen (secondary N) is 1. The first-order valence-electron chi connectivity index (χ1n) is 7.37. The van der Waals surface area contributed by atoms with E-state index in [4.69, 9.17) is 0 Å². The zero-order valence-corrected chi connectivity index (χ0v) is 14.1. The highest BCUT2D eigenvalue weighted by atomic mass is 79.9. The van der Waals surface area contributed by atoms with E-state index < -0.39 is 0 Å². The minimum absolute atomic E-state index is 0.175. The number of halogens is 2. The topological polar surface area (TPSA) is 15.3 Å². The third kappa shape index (κ3) is 4.03. The molecule has 1 N–H and O–H groups in total. The fourth-order valence-electron chi connectivity index (χ4n) is 2.89. The second-order valence-electron chi connectivity index (χ2n) is 6.24. The molecule has 1 aromatic rings. The molecule has 2 unspecified atom stereocenters. The van der Waals surface area contributed by atoms with Crippen LogP contribution in [0.25, 0.3) is 0 Å². The molecule has 0 spiro atoms. The highest BCUT2D eigenvalue weighted by Crippen LogP contribution is 2.24. The van der Waals surface area contributed by atoms with Crippen LogP contribution in [-0.4, -0.2) is 30.1 Å². The molecule has 2 nitrogen and oxygen atoms in total. The van der Waals surface area contributed by atoms with E-state index >= 15 is 0 Å². The van der Waals surface area contributed by atoms with Crippen molar-refractivity contribution < 1.29 is 4.39 Å². The third-order valence-corrected chi connectivity index (χ3v) is 4.76. The number of nitrogens with zero attached hydrogens (tertiary/aromatic N) is 1. The van der Waals surface area contributed by atoms with Crippen molar-refractivity contribution in [1.82, 2.24) is 10.2 Å². The molecule has 2 atom stereocenters. The van der Waals surface area contributed by atoms with Crippen molar-refractivity contribution in [2.24, 2.45) is 5.92 Å². The summed E-state index contributed by atoms with van der Waals surface area (Å²) in [6.45, 7) is 9.57. The molecular formula is C16H24BrFN2. The average Bonchev–Trinajstić information content (AvgIpc) is 2.38. The smallest absolute Gasteiger partial charge is 0.137 e. The summed E-state index contributed by atoms with van der Waals surface area (Å²) in [5.41, 5.74) is 1.04. The standard InChI is InChI=1S/C16H24BrFN2/c1-11(2)7-14-8-19-12(3)9-20(14)10-13-5-4-6-15(18)16(13)17/h4-6,11-12,14,19H,7-10H2,1-3H3. The molecule has 2 rings (SSSR count). The zero-order valence-electron chi connectivity index (χ0n) is 12.5. The molecule has 0 bridgehead atoms. The van der Waals surface area contributed by atoms with E-state index in [0.29, 0.717) is 22.5 Å². The summed E-state index contributed by atoms with van der Waals surface area (Å²) in [5.74, 6) is 0.500. The van der Waals surface area contributed by atoms with Crippen molar-refractivity contribution in [2.75, 3.05) is 13.1 Å². The van der Waals surface area contributed by atoms with Gasteiger partial charge in [-0.3, -0.25) is 4.90 Å². The van der Waals surface area contributed by atoms with E-state index in [1.165, 1.54) is 12.5 Å². The van der Waals surface area contributed by atoms with Gasteiger partial charge in [-0.1, -0.05) is 26.0 Å². The highest BCUT2D eigenvalue weighted by Gasteiger charge is 2.26. The molecule has 4 heteroatoms. The third-order valence-electron chi connectivity index (χ3n) is 3.88. The van der Waals surface area contributed by atoms with Gasteiger partial charge in [0.1, 0.15) is 5.82 Å². The van der Waals surface area contributed by atoms with Gasteiger partial charge in [-0.25, -0.2) is 4.39 Å². The Hall–Kier alpha value is -0.450. The van der Waals surface area contributed by atoms with Gasteiger partial charge in [0.15, 0.2) is 0 Å². The number of piperazine rings is 1. The Bertz CT molecular complexity index is 450. The lowest BCUT2D eigenvalue weighted by molar-refractivity contribution is 0.111. The average molecular weight is 343 g/mol. The Balaban J connectivity index is 2.12. The van der Waals surface area contributed by atoms with Crippen molar-refractivity contribution in [3.8, 4) is 0 Å². The largest absolute Gasteiger partial charge is 0.311 e. The van der Waals surface area contributed by atoms with Crippen LogP contribution in [0.3, 0.4) is 0 Å². The van der Waals surface area contributed by atoms with Crippen LogP contribution in [0.2, 0.25) is 0 Å². The summed E-state index contributed by atoms with van der Waals surface area (Å²) >= 11 is 3.38. The van der Waals surface area contributed by atoms with E-state index in [9.17, 15) is 4.39 Å². The van der Waals surface area contributed by atoms with Crippen molar-refractivity contribution >= 4 is 15.9 Å². The normalized spacial score (nSPS) is 24.3. The summed E-state index contributed by atoms with van der Waals surface area (Å²) in [7, 11) is 0. The van der Waals surface area contributed by atoms with Crippen LogP contribution in [0.5, 0.6) is 0 Å². The molecule has 1 fully saturated rings. The quantitative estimate of drug-likeness (QED) is 0.895. The van der Waals surface area contributed by atoms with Crippen molar-refractivity contribution in [2.45, 2.75) is 45.8 Å². The first kappa shape index (κ1) is 15.9. The molecular weight excluding hydrogens is 319 g/mol. The zero-order chi connectivity index (χ0) is 14.7. The van der Waals surface area contributed by atoms with E-state index in [-0.39, 0.29) is 5.82 Å². The Kier molecular flexibility index (Phi) is 5.58. The van der Waals surface area contributed by atoms with Crippen LogP contribution in [0.1, 0.15) is 32.8 Å². The van der Waals surface area contributed by atoms with Gasteiger partial charge in [-0.15, -0.1) is 0 Å². The molecule has 0 aromatic heterocycles. The molecule has 0 saturated carbocycles. The van der Waals surface area contributed by atoms with Gasteiger partial charge >= 0.3 is 0 Å². The maximum atomic E-state index is 13.6. The molecule has 20 heavy (non-hydrogen) atoms. The number of benzene rings is 1. The Labute approximate surface area is 129 Å². The number of hydrogen-bond donors (Lipinski definition) is 1. The van der Waals surface area contributed by atoms with Crippen LogP contribution >= 0.6 is 15.9 Å². The van der Waals surface area contributed by atoms with E-state index in [1.807, 2.05) is 6.07 Å². The van der Waals surface area contributed by atoms with Gasteiger partial charge in [0.2, 0.25) is 0 Å². The Morgan fingerprint density at radius 3 is 2.90 bits per heavy atom. The van der Waals surface area contributed by atoms with Gasteiger partial charge in [0.25, 0.3) is 0 Å². The van der Waals surface area contributed by atoms with Crippen LogP contribution in [0.4, 0.5) is 4.39 Å². The van der Waals surface area contributed by atoms with Crippen molar-refractivity contribution in [1.29, 1.82) is 0 Å². The van der Waals surface area contributed by atoms with Crippen molar-refractivity contribution in [3.63, 3.8) is 0 Å². The SMILES string of the molecule is CC(C)CC1CNC(C)CN1Cc1cccc(F)c1Br. The summed E-state index contributed by atoms with van der Waals surface area (Å²) in [6.07, 6.45) is 1.17. The van der Waals surface area contributed by atoms with Gasteiger partial charge in [-0.05, 0) is 46.8 Å². The lowest BCUT2D eigenvalue weighted by atomic mass is 9.98. The van der Waals surface area contributed by atoms with Gasteiger partial charge in [0, 0.05) is 31.7 Å². The molecule has 1 heterocycles. The fraction of sp³-hybridized carbons (Fsp3) is 0.625. The van der Waals surface area contributed by atoms with Gasteiger partial charge in [-0.2, -0.15) is 0 Å². The maximum absolute atomic E-state index is 13.6. The minimum atomic E-state index is -0.175. The summed E-state index contributed by atoms with van der Waals surface area (Å²) in [4.78, 5) is 2.49. The lowest BCUT2D eigenvalue weighted by Crippen LogP contribution is -2.55. The van der Waals surface area contributed by atoms with Crippen LogP contribution in [0.15, 0.2) is 22.7 Å².